The van der Waals surface area contributed by atoms with Crippen molar-refractivity contribution in [3.8, 4) is 0 Å². The molecule has 112 valence electrons. The van der Waals surface area contributed by atoms with E-state index >= 15 is 0 Å². The molecule has 2 radical (unpaired) electrons. The zero-order valence-electron chi connectivity index (χ0n) is 12.3. The van der Waals surface area contributed by atoms with Gasteiger partial charge in [-0.2, -0.15) is 6.92 Å². The summed E-state index contributed by atoms with van der Waals surface area (Å²) in [6.45, 7) is 8.39. The molecule has 0 bridgehead atoms. The van der Waals surface area contributed by atoms with Crippen LogP contribution < -0.4 is 10.6 Å². The summed E-state index contributed by atoms with van der Waals surface area (Å²) in [6, 6.07) is 0. The van der Waals surface area contributed by atoms with Crippen LogP contribution in [0.2, 0.25) is 0 Å². The molecule has 0 rings (SSSR count). The summed E-state index contributed by atoms with van der Waals surface area (Å²) >= 11 is 0. The minimum Gasteiger partial charge on any atom is -0.489 e. The van der Waals surface area contributed by atoms with Gasteiger partial charge in [-0.1, -0.05) is 13.8 Å². The zero-order valence-corrected chi connectivity index (χ0v) is 17.9. The van der Waals surface area contributed by atoms with Crippen LogP contribution in [0.25, 0.3) is 0 Å². The maximum atomic E-state index is 11.5. The third kappa shape index (κ3) is 9.80. The first-order valence-electron chi connectivity index (χ1n) is 5.72. The van der Waals surface area contributed by atoms with E-state index < -0.39 is 17.4 Å². The van der Waals surface area contributed by atoms with E-state index in [9.17, 15) is 14.7 Å². The van der Waals surface area contributed by atoms with E-state index in [1.54, 1.807) is 20.8 Å². The zero-order chi connectivity index (χ0) is 14.3. The van der Waals surface area contributed by atoms with Crippen LogP contribution in [0.15, 0.2) is 0 Å². The summed E-state index contributed by atoms with van der Waals surface area (Å²) in [4.78, 5) is 22.6. The first kappa shape index (κ1) is 25.9. The van der Waals surface area contributed by atoms with Crippen LogP contribution in [0, 0.1) is 18.3 Å². The molecular formula is C12H22N2O4Y2-2. The van der Waals surface area contributed by atoms with Gasteiger partial charge in [0, 0.05) is 83.9 Å². The maximum absolute atomic E-state index is 11.5. The molecule has 0 aliphatic carbocycles. The number of carbonyl (C=O) groups excluding carboxylic acids is 2. The summed E-state index contributed by atoms with van der Waals surface area (Å²) in [5.74, 6) is -0.457. The van der Waals surface area contributed by atoms with Crippen LogP contribution in [0.5, 0.6) is 0 Å². The molecule has 0 aliphatic rings. The van der Waals surface area contributed by atoms with E-state index in [0.29, 0.717) is 5.92 Å². The Morgan fingerprint density at radius 1 is 1.25 bits per heavy atom. The molecule has 4 N–H and O–H groups in total. The van der Waals surface area contributed by atoms with Crippen molar-refractivity contribution in [3.05, 3.63) is 12.8 Å². The Morgan fingerprint density at radius 2 is 1.70 bits per heavy atom. The van der Waals surface area contributed by atoms with E-state index in [4.69, 9.17) is 5.11 Å². The monoisotopic (exact) mass is 436 g/mol. The predicted octanol–water partition coefficient (Wildman–Crippen LogP) is -0.978. The van der Waals surface area contributed by atoms with Crippen LogP contribution in [-0.2, 0) is 75.0 Å². The number of hydrogen-bond acceptors (Lipinski definition) is 4. The molecule has 0 aromatic heterocycles. The molecule has 0 spiro atoms. The number of amides is 2. The average molecular weight is 436 g/mol. The largest absolute Gasteiger partial charge is 0.489 e. The number of nitrogens with one attached hydrogen (secondary N) is 2. The van der Waals surface area contributed by atoms with Crippen LogP contribution in [-0.4, -0.2) is 47.8 Å². The van der Waals surface area contributed by atoms with Gasteiger partial charge in [-0.05, 0) is 0 Å². The standard InChI is InChI=1S/C12H22N2O4.2Y/c1-8(2)10(17)13-5-6-14-11(18)9(16)12(3,4)7-15;;/h9,15-16H,1,5-7H2,2-4H3,(H,13,17)(H,14,18);;/q-2;;. The van der Waals surface area contributed by atoms with Gasteiger partial charge < -0.3 is 38.5 Å². The Bertz CT molecular complexity index is 299. The number of hydrogen-bond donors (Lipinski definition) is 4. The summed E-state index contributed by atoms with van der Waals surface area (Å²) in [6.07, 6.45) is -1.29. The molecule has 1 atom stereocenters. The third-order valence-corrected chi connectivity index (χ3v) is 2.49. The first-order chi connectivity index (χ1) is 8.22. The van der Waals surface area contributed by atoms with Crippen molar-refractivity contribution in [1.82, 2.24) is 10.6 Å². The fourth-order valence-electron chi connectivity index (χ4n) is 1.05. The normalized spacial score (nSPS) is 11.5. The second-order valence-corrected chi connectivity index (χ2v) is 4.88. The second kappa shape index (κ2) is 12.5. The Hall–Kier alpha value is 0.938. The minimum absolute atomic E-state index is 0. The molecule has 0 saturated heterocycles. The van der Waals surface area contributed by atoms with Gasteiger partial charge in [0.1, 0.15) is 6.10 Å². The smallest absolute Gasteiger partial charge is 0.249 e. The van der Waals surface area contributed by atoms with Crippen molar-refractivity contribution < 1.29 is 85.2 Å². The predicted molar refractivity (Wildman–Crippen MR) is 67.2 cm³/mol. The molecule has 20 heavy (non-hydrogen) atoms. The van der Waals surface area contributed by atoms with Crippen molar-refractivity contribution in [2.24, 2.45) is 5.41 Å². The molecule has 0 heterocycles. The van der Waals surface area contributed by atoms with Crippen LogP contribution in [0.4, 0.5) is 0 Å². The Morgan fingerprint density at radius 3 is 2.10 bits per heavy atom. The minimum atomic E-state index is -1.29. The number of aliphatic hydroxyl groups is 2. The van der Waals surface area contributed by atoms with Gasteiger partial charge in [-0.15, -0.1) is 0 Å². The molecule has 1 unspecified atom stereocenters. The van der Waals surface area contributed by atoms with Gasteiger partial charge in [0.2, 0.25) is 5.91 Å². The first-order valence-corrected chi connectivity index (χ1v) is 5.72. The topological polar surface area (TPSA) is 98.7 Å². The molecule has 2 amide bonds. The fraction of sp³-hybridized carbons (Fsp3) is 0.667. The second-order valence-electron chi connectivity index (χ2n) is 4.88. The molecule has 0 fully saturated rings. The van der Waals surface area contributed by atoms with Crippen LogP contribution in [0.3, 0.4) is 0 Å². The molecule has 0 aliphatic heterocycles. The molecule has 8 heteroatoms. The van der Waals surface area contributed by atoms with Gasteiger partial charge >= 0.3 is 0 Å². The van der Waals surface area contributed by atoms with Crippen molar-refractivity contribution in [3.63, 3.8) is 0 Å². The van der Waals surface area contributed by atoms with E-state index in [2.05, 4.69) is 17.6 Å². The number of carbonyl (C=O) groups is 2. The Balaban J connectivity index is -0.00000144. The maximum Gasteiger partial charge on any atom is 0.249 e. The van der Waals surface area contributed by atoms with Gasteiger partial charge in [-0.3, -0.25) is 4.79 Å². The fourth-order valence-corrected chi connectivity index (χ4v) is 1.05. The van der Waals surface area contributed by atoms with Crippen LogP contribution in [0.1, 0.15) is 20.8 Å². The van der Waals surface area contributed by atoms with E-state index in [1.165, 1.54) is 0 Å². The van der Waals surface area contributed by atoms with Gasteiger partial charge in [0.15, 0.2) is 0 Å². The number of rotatable bonds is 7. The van der Waals surface area contributed by atoms with Gasteiger partial charge in [-0.25, -0.2) is 0 Å². The van der Waals surface area contributed by atoms with E-state index in [1.807, 2.05) is 0 Å². The molecule has 0 saturated carbocycles. The van der Waals surface area contributed by atoms with E-state index in [-0.39, 0.29) is 91.0 Å². The molecule has 0 aromatic rings. The third-order valence-electron chi connectivity index (χ3n) is 2.49. The Labute approximate surface area is 171 Å². The van der Waals surface area contributed by atoms with Crippen molar-refractivity contribution in [2.75, 3.05) is 19.7 Å². The molecule has 6 nitrogen and oxygen atoms in total. The Kier molecular flexibility index (Phi) is 16.1. The molecule has 0 aromatic carbocycles. The van der Waals surface area contributed by atoms with Crippen molar-refractivity contribution >= 4 is 11.8 Å². The summed E-state index contributed by atoms with van der Waals surface area (Å²) in [7, 11) is 0. The van der Waals surface area contributed by atoms with E-state index in [0.717, 1.165) is 0 Å². The quantitative estimate of drug-likeness (QED) is 0.305. The van der Waals surface area contributed by atoms with Gasteiger partial charge in [0.05, 0.1) is 12.5 Å². The average Bonchev–Trinajstić information content (AvgIpc) is 2.32. The molecular weight excluding hydrogens is 414 g/mol. The summed E-state index contributed by atoms with van der Waals surface area (Å²) < 4.78 is 0. The SMILES string of the molecule is [CH2-][C-](C)C(=O)NCCNC(=O)C(O)C(C)(C)CO.[Y].[Y]. The van der Waals surface area contributed by atoms with Crippen LogP contribution >= 0.6 is 0 Å². The summed E-state index contributed by atoms with van der Waals surface area (Å²) in [5.41, 5.74) is -0.898. The number of aliphatic hydroxyl groups excluding tert-OH is 2. The van der Waals surface area contributed by atoms with Crippen molar-refractivity contribution in [1.29, 1.82) is 0 Å². The van der Waals surface area contributed by atoms with Crippen molar-refractivity contribution in [2.45, 2.75) is 26.9 Å². The summed E-state index contributed by atoms with van der Waals surface area (Å²) in [5, 5.41) is 23.7. The van der Waals surface area contributed by atoms with Gasteiger partial charge in [0.25, 0.3) is 0 Å².